The highest BCUT2D eigenvalue weighted by Crippen LogP contribution is 2.32. The number of hydrogen-bond acceptors (Lipinski definition) is 0. The predicted molar refractivity (Wildman–Crippen MR) is 103 cm³/mol. The van der Waals surface area contributed by atoms with Crippen LogP contribution in [0.2, 0.25) is 0 Å². The molecular weight excluding hydrogens is 374 g/mol. The maximum Gasteiger partial charge on any atom is 0.0215 e. The van der Waals surface area contributed by atoms with E-state index in [9.17, 15) is 0 Å². The van der Waals surface area contributed by atoms with Gasteiger partial charge in [-0.05, 0) is 67.7 Å². The Kier molecular flexibility index (Phi) is 3.66. The summed E-state index contributed by atoms with van der Waals surface area (Å²) in [7, 11) is 0. The van der Waals surface area contributed by atoms with E-state index in [2.05, 4.69) is 89.3 Å². The Bertz CT molecular complexity index is 928. The van der Waals surface area contributed by atoms with E-state index in [-0.39, 0.29) is 9.90 Å². The van der Waals surface area contributed by atoms with Crippen LogP contribution in [0.1, 0.15) is 0 Å². The van der Waals surface area contributed by atoms with Crippen LogP contribution in [0.15, 0.2) is 66.7 Å². The van der Waals surface area contributed by atoms with E-state index < -0.39 is 0 Å². The van der Waals surface area contributed by atoms with E-state index in [1.165, 1.54) is 35.9 Å². The minimum Gasteiger partial charge on any atom is -0.153 e. The van der Waals surface area contributed by atoms with Gasteiger partial charge in [-0.2, -0.15) is 9.90 Å². The van der Waals surface area contributed by atoms with Crippen molar-refractivity contribution in [3.8, 4) is 0 Å². The largest absolute Gasteiger partial charge is 0.153 e. The average molecular weight is 388 g/mol. The lowest BCUT2D eigenvalue weighted by atomic mass is 9.98. The van der Waals surface area contributed by atoms with Gasteiger partial charge in [0, 0.05) is 8.96 Å². The normalized spacial score (nSPS) is 10.8. The summed E-state index contributed by atoms with van der Waals surface area (Å²) in [4.78, 5) is 0. The Hall–Kier alpha value is -1.18. The summed E-state index contributed by atoms with van der Waals surface area (Å²) >= 11 is 2.43. The zero-order valence-electron chi connectivity index (χ0n) is 10.9. The summed E-state index contributed by atoms with van der Waals surface area (Å²) in [5, 5.41) is 7.96. The number of fused-ring (bicyclic) bond motifs is 4. The van der Waals surface area contributed by atoms with E-state index in [0.717, 1.165) is 0 Å². The Labute approximate surface area is 134 Å². The molecule has 0 aromatic heterocycles. The Balaban J connectivity index is 0.00000121. The molecule has 0 saturated carbocycles. The quantitative estimate of drug-likeness (QED) is 0.154. The molecule has 2 heteroatoms. The van der Waals surface area contributed by atoms with E-state index in [0.29, 0.717) is 0 Å². The molecule has 4 aromatic rings. The summed E-state index contributed by atoms with van der Waals surface area (Å²) in [5.74, 6) is 0. The van der Waals surface area contributed by atoms with Gasteiger partial charge in [-0.15, -0.1) is 0 Å². The molecule has 0 amide bonds. The van der Waals surface area contributed by atoms with Crippen molar-refractivity contribution in [3.63, 3.8) is 0 Å². The van der Waals surface area contributed by atoms with Crippen LogP contribution < -0.4 is 0 Å². The molecule has 98 valence electrons. The molecule has 0 bridgehead atoms. The van der Waals surface area contributed by atoms with Crippen LogP contribution in [0.3, 0.4) is 0 Å². The lowest BCUT2D eigenvalue weighted by Gasteiger charge is -2.08. The third-order valence-electron chi connectivity index (χ3n) is 3.68. The van der Waals surface area contributed by atoms with Gasteiger partial charge in [-0.3, -0.25) is 0 Å². The van der Waals surface area contributed by atoms with Crippen LogP contribution in [-0.2, 0) is 0 Å². The topological polar surface area (TPSA) is 0 Å². The molecule has 0 aliphatic heterocycles. The van der Waals surface area contributed by atoms with Gasteiger partial charge < -0.3 is 0 Å². The zero-order valence-corrected chi connectivity index (χ0v) is 14.5. The summed E-state index contributed by atoms with van der Waals surface area (Å²) in [6.07, 6.45) is 0. The van der Waals surface area contributed by atoms with E-state index in [1.54, 1.807) is 0 Å². The first kappa shape index (κ1) is 13.8. The maximum atomic E-state index is 2.43. The highest BCUT2D eigenvalue weighted by molar-refractivity contribution is 14.1. The minimum absolute atomic E-state index is 0. The van der Waals surface area contributed by atoms with Gasteiger partial charge in [0.2, 0.25) is 0 Å². The Morgan fingerprint density at radius 3 is 2.05 bits per heavy atom. The van der Waals surface area contributed by atoms with Gasteiger partial charge in [-0.25, -0.2) is 0 Å². The van der Waals surface area contributed by atoms with Crippen molar-refractivity contribution >= 4 is 64.8 Å². The van der Waals surface area contributed by atoms with Gasteiger partial charge >= 0.3 is 0 Å². The third kappa shape index (κ3) is 2.10. The average Bonchev–Trinajstić information content (AvgIpc) is 2.45. The molecule has 0 saturated heterocycles. The molecule has 0 aliphatic rings. The Morgan fingerprint density at radius 2 is 1.25 bits per heavy atom. The van der Waals surface area contributed by atoms with Crippen molar-refractivity contribution in [2.24, 2.45) is 0 Å². The van der Waals surface area contributed by atoms with Crippen molar-refractivity contribution in [3.05, 3.63) is 70.3 Å². The molecule has 0 N–H and O–H groups in total. The van der Waals surface area contributed by atoms with Gasteiger partial charge in [-0.1, -0.05) is 48.5 Å². The summed E-state index contributed by atoms with van der Waals surface area (Å²) < 4.78 is 1.32. The third-order valence-corrected chi connectivity index (χ3v) is 4.57. The number of hydrogen-bond donors (Lipinski definition) is 0. The first-order chi connectivity index (χ1) is 9.33. The van der Waals surface area contributed by atoms with Crippen LogP contribution in [-0.4, -0.2) is 0 Å². The van der Waals surface area contributed by atoms with Crippen molar-refractivity contribution < 1.29 is 0 Å². The van der Waals surface area contributed by atoms with Gasteiger partial charge in [0.05, 0.1) is 0 Å². The molecule has 20 heavy (non-hydrogen) atoms. The second-order valence-corrected chi connectivity index (χ2v) is 5.99. The molecule has 0 spiro atoms. The number of rotatable bonds is 0. The monoisotopic (exact) mass is 388 g/mol. The number of benzene rings is 4. The first-order valence-electron chi connectivity index (χ1n) is 6.33. The molecule has 0 nitrogen and oxygen atoms in total. The van der Waals surface area contributed by atoms with Crippen LogP contribution >= 0.6 is 32.5 Å². The zero-order chi connectivity index (χ0) is 12.8. The fraction of sp³-hybridized carbons (Fsp3) is 0. The van der Waals surface area contributed by atoms with Crippen molar-refractivity contribution in [2.45, 2.75) is 0 Å². The number of halogens is 1. The highest BCUT2D eigenvalue weighted by atomic mass is 127. The van der Waals surface area contributed by atoms with Gasteiger partial charge in [0.1, 0.15) is 0 Å². The highest BCUT2D eigenvalue weighted by Gasteiger charge is 2.05. The smallest absolute Gasteiger partial charge is 0.0215 e. The molecule has 1 unspecified atom stereocenters. The molecule has 4 aromatic carbocycles. The first-order valence-corrected chi connectivity index (χ1v) is 7.40. The Morgan fingerprint density at radius 1 is 0.600 bits per heavy atom. The van der Waals surface area contributed by atoms with Gasteiger partial charge in [0.15, 0.2) is 0 Å². The van der Waals surface area contributed by atoms with Crippen LogP contribution in [0.5, 0.6) is 0 Å². The molecule has 4 rings (SSSR count). The molecule has 1 atom stereocenters. The van der Waals surface area contributed by atoms with Crippen molar-refractivity contribution in [1.82, 2.24) is 0 Å². The maximum absolute atomic E-state index is 2.43. The van der Waals surface area contributed by atoms with E-state index in [1.807, 2.05) is 0 Å². The second kappa shape index (κ2) is 5.31. The predicted octanol–water partition coefficient (Wildman–Crippen LogP) is 5.81. The molecular formula is C18H14IP. The van der Waals surface area contributed by atoms with E-state index >= 15 is 0 Å². The van der Waals surface area contributed by atoms with Gasteiger partial charge in [0.25, 0.3) is 0 Å². The van der Waals surface area contributed by atoms with Crippen molar-refractivity contribution in [2.75, 3.05) is 0 Å². The van der Waals surface area contributed by atoms with Crippen molar-refractivity contribution in [1.29, 1.82) is 0 Å². The summed E-state index contributed by atoms with van der Waals surface area (Å²) in [6, 6.07) is 24.1. The van der Waals surface area contributed by atoms with Crippen LogP contribution in [0.25, 0.3) is 32.3 Å². The minimum atomic E-state index is 0. The fourth-order valence-electron chi connectivity index (χ4n) is 2.76. The lowest BCUT2D eigenvalue weighted by Crippen LogP contribution is -1.82. The molecule has 0 fully saturated rings. The summed E-state index contributed by atoms with van der Waals surface area (Å²) in [6.45, 7) is 0. The summed E-state index contributed by atoms with van der Waals surface area (Å²) in [5.41, 5.74) is 0. The molecule has 0 radical (unpaired) electrons. The van der Waals surface area contributed by atoms with Crippen LogP contribution in [0, 0.1) is 3.57 Å². The standard InChI is InChI=1S/C18H11I.H3P/c19-17-7-3-6-12-8-9-15-10-13-4-1-2-5-14(13)11-16(15)18(12)17;/h1-11H;1H3. The molecule has 0 heterocycles. The lowest BCUT2D eigenvalue weighted by molar-refractivity contribution is 1.74. The SMILES string of the molecule is Ic1cccc2ccc3cc4ccccc4cc3c12.P. The second-order valence-electron chi connectivity index (χ2n) is 4.82. The molecule has 0 aliphatic carbocycles. The van der Waals surface area contributed by atoms with Crippen LogP contribution in [0.4, 0.5) is 0 Å². The fourth-order valence-corrected chi connectivity index (χ4v) is 3.57. The van der Waals surface area contributed by atoms with E-state index in [4.69, 9.17) is 0 Å².